The van der Waals surface area contributed by atoms with E-state index in [0.29, 0.717) is 36.4 Å². The zero-order valence-corrected chi connectivity index (χ0v) is 19.2. The van der Waals surface area contributed by atoms with Crippen molar-refractivity contribution < 1.29 is 22.7 Å². The number of hydrogen-bond donors (Lipinski definition) is 2. The topological polar surface area (TPSA) is 105 Å². The molecule has 0 saturated carbocycles. The summed E-state index contributed by atoms with van der Waals surface area (Å²) in [6, 6.07) is 8.89. The second kappa shape index (κ2) is 8.55. The highest BCUT2D eigenvalue weighted by Crippen LogP contribution is 2.35. The van der Waals surface area contributed by atoms with E-state index in [1.54, 1.807) is 13.0 Å². The first kappa shape index (κ1) is 22.3. The normalized spacial score (nSPS) is 19.0. The second-order valence-electron chi connectivity index (χ2n) is 8.52. The minimum atomic E-state index is -3.83. The lowest BCUT2D eigenvalue weighted by Gasteiger charge is -2.32. The van der Waals surface area contributed by atoms with Crippen LogP contribution < -0.4 is 15.4 Å². The van der Waals surface area contributed by atoms with Gasteiger partial charge in [-0.05, 0) is 68.5 Å². The first-order chi connectivity index (χ1) is 15.1. The van der Waals surface area contributed by atoms with Crippen LogP contribution in [0.5, 0.6) is 5.75 Å². The Balaban J connectivity index is 1.53. The first-order valence-corrected chi connectivity index (χ1v) is 12.0. The Hall–Kier alpha value is -2.91. The number of piperidine rings is 1. The quantitative estimate of drug-likeness (QED) is 0.734. The Morgan fingerprint density at radius 3 is 2.56 bits per heavy atom. The van der Waals surface area contributed by atoms with Crippen molar-refractivity contribution in [2.75, 3.05) is 30.3 Å². The number of nitrogens with zero attached hydrogens (tertiary/aromatic N) is 1. The van der Waals surface area contributed by atoms with Crippen molar-refractivity contribution in [2.45, 2.75) is 38.5 Å². The van der Waals surface area contributed by atoms with E-state index >= 15 is 0 Å². The summed E-state index contributed by atoms with van der Waals surface area (Å²) < 4.78 is 33.6. The largest absolute Gasteiger partial charge is 0.482 e. The Kier molecular flexibility index (Phi) is 5.96. The molecule has 9 heteroatoms. The Morgan fingerprint density at radius 2 is 1.84 bits per heavy atom. The fourth-order valence-corrected chi connectivity index (χ4v) is 6.04. The van der Waals surface area contributed by atoms with Gasteiger partial charge in [-0.25, -0.2) is 8.42 Å². The standard InChI is InChI=1S/C23H27N3O5S/c1-14-7-15(2)9-18(8-14)24-23(28)17-5-4-6-26(12-17)32(29,30)21-11-20-19(10-16(21)3)25-22(27)13-31-20/h7-11,17H,4-6,12-13H2,1-3H3,(H,24,28)(H,25,27). The Labute approximate surface area is 188 Å². The summed E-state index contributed by atoms with van der Waals surface area (Å²) in [6.07, 6.45) is 1.22. The molecule has 2 N–H and O–H groups in total. The fourth-order valence-electron chi connectivity index (χ4n) is 4.30. The number of hydrogen-bond acceptors (Lipinski definition) is 5. The summed E-state index contributed by atoms with van der Waals surface area (Å²) in [4.78, 5) is 24.6. The van der Waals surface area contributed by atoms with E-state index in [1.165, 1.54) is 10.4 Å². The van der Waals surface area contributed by atoms with E-state index in [9.17, 15) is 18.0 Å². The summed E-state index contributed by atoms with van der Waals surface area (Å²) in [6.45, 7) is 5.93. The van der Waals surface area contributed by atoms with Crippen molar-refractivity contribution in [1.82, 2.24) is 4.31 Å². The molecular weight excluding hydrogens is 430 g/mol. The average Bonchev–Trinajstić information content (AvgIpc) is 2.72. The first-order valence-electron chi connectivity index (χ1n) is 10.6. The van der Waals surface area contributed by atoms with Crippen LogP contribution in [-0.2, 0) is 19.6 Å². The smallest absolute Gasteiger partial charge is 0.262 e. The van der Waals surface area contributed by atoms with Crippen molar-refractivity contribution in [3.8, 4) is 5.75 Å². The van der Waals surface area contributed by atoms with Crippen LogP contribution in [0.25, 0.3) is 0 Å². The monoisotopic (exact) mass is 457 g/mol. The average molecular weight is 458 g/mol. The van der Waals surface area contributed by atoms with Gasteiger partial charge in [0.2, 0.25) is 15.9 Å². The fraction of sp³-hybridized carbons (Fsp3) is 0.391. The number of carbonyl (C=O) groups excluding carboxylic acids is 2. The van der Waals surface area contributed by atoms with Gasteiger partial charge in [-0.1, -0.05) is 6.07 Å². The minimum Gasteiger partial charge on any atom is -0.482 e. The third-order valence-electron chi connectivity index (χ3n) is 5.77. The number of aryl methyl sites for hydroxylation is 3. The van der Waals surface area contributed by atoms with Gasteiger partial charge in [-0.15, -0.1) is 0 Å². The van der Waals surface area contributed by atoms with Crippen LogP contribution in [0.1, 0.15) is 29.5 Å². The van der Waals surface area contributed by atoms with Gasteiger partial charge in [-0.2, -0.15) is 4.31 Å². The molecule has 4 rings (SSSR count). The highest BCUT2D eigenvalue weighted by Gasteiger charge is 2.35. The number of fused-ring (bicyclic) bond motifs is 1. The maximum atomic E-state index is 13.4. The van der Waals surface area contributed by atoms with Gasteiger partial charge in [0.25, 0.3) is 5.91 Å². The Bertz CT molecular complexity index is 1170. The molecule has 2 amide bonds. The lowest BCUT2D eigenvalue weighted by molar-refractivity contribution is -0.121. The SMILES string of the molecule is Cc1cc(C)cc(NC(=O)C2CCCN(S(=O)(=O)c3cc4c(cc3C)NC(=O)CO4)C2)c1. The minimum absolute atomic E-state index is 0.118. The molecule has 1 fully saturated rings. The molecule has 2 aliphatic rings. The van der Waals surface area contributed by atoms with Crippen LogP contribution in [-0.4, -0.2) is 44.2 Å². The number of benzene rings is 2. The highest BCUT2D eigenvalue weighted by atomic mass is 32.2. The molecule has 0 aliphatic carbocycles. The molecule has 2 aromatic rings. The van der Waals surface area contributed by atoms with Crippen LogP contribution in [0.15, 0.2) is 35.2 Å². The van der Waals surface area contributed by atoms with Gasteiger partial charge in [0.05, 0.1) is 16.5 Å². The molecule has 170 valence electrons. The van der Waals surface area contributed by atoms with Crippen LogP contribution in [0, 0.1) is 26.7 Å². The summed E-state index contributed by atoms with van der Waals surface area (Å²) in [5, 5.41) is 5.63. The molecule has 0 bridgehead atoms. The Morgan fingerprint density at radius 1 is 1.12 bits per heavy atom. The van der Waals surface area contributed by atoms with Gasteiger partial charge >= 0.3 is 0 Å². The number of anilines is 2. The predicted molar refractivity (Wildman–Crippen MR) is 121 cm³/mol. The summed E-state index contributed by atoms with van der Waals surface area (Å²) in [5.74, 6) is -0.563. The molecule has 2 aliphatic heterocycles. The van der Waals surface area contributed by atoms with Crippen LogP contribution in [0.4, 0.5) is 11.4 Å². The van der Waals surface area contributed by atoms with Crippen molar-refractivity contribution in [3.63, 3.8) is 0 Å². The zero-order chi connectivity index (χ0) is 23.0. The molecule has 8 nitrogen and oxygen atoms in total. The van der Waals surface area contributed by atoms with Gasteiger partial charge in [0.15, 0.2) is 6.61 Å². The van der Waals surface area contributed by atoms with Crippen LogP contribution >= 0.6 is 0 Å². The van der Waals surface area contributed by atoms with Gasteiger partial charge in [0.1, 0.15) is 5.75 Å². The van der Waals surface area contributed by atoms with Gasteiger partial charge < -0.3 is 15.4 Å². The predicted octanol–water partition coefficient (Wildman–Crippen LogP) is 2.98. The zero-order valence-electron chi connectivity index (χ0n) is 18.4. The summed E-state index contributed by atoms with van der Waals surface area (Å²) in [5.41, 5.74) is 3.79. The molecule has 1 unspecified atom stereocenters. The number of amides is 2. The maximum absolute atomic E-state index is 13.4. The van der Waals surface area contributed by atoms with E-state index in [0.717, 1.165) is 16.8 Å². The van der Waals surface area contributed by atoms with Crippen LogP contribution in [0.3, 0.4) is 0 Å². The van der Waals surface area contributed by atoms with E-state index in [4.69, 9.17) is 4.74 Å². The molecule has 1 atom stereocenters. The third kappa shape index (κ3) is 4.49. The van der Waals surface area contributed by atoms with Crippen molar-refractivity contribution in [3.05, 3.63) is 47.0 Å². The second-order valence-corrected chi connectivity index (χ2v) is 10.4. The third-order valence-corrected chi connectivity index (χ3v) is 7.78. The molecule has 0 spiro atoms. The van der Waals surface area contributed by atoms with Crippen molar-refractivity contribution >= 4 is 33.2 Å². The molecule has 0 aromatic heterocycles. The summed E-state index contributed by atoms with van der Waals surface area (Å²) >= 11 is 0. The number of ether oxygens (including phenoxy) is 1. The summed E-state index contributed by atoms with van der Waals surface area (Å²) in [7, 11) is -3.83. The number of carbonyl (C=O) groups is 2. The van der Waals surface area contributed by atoms with Crippen molar-refractivity contribution in [2.24, 2.45) is 5.92 Å². The van der Waals surface area contributed by atoms with Crippen LogP contribution in [0.2, 0.25) is 0 Å². The maximum Gasteiger partial charge on any atom is 0.262 e. The number of rotatable bonds is 4. The van der Waals surface area contributed by atoms with Gasteiger partial charge in [-0.3, -0.25) is 9.59 Å². The van der Waals surface area contributed by atoms with Crippen molar-refractivity contribution in [1.29, 1.82) is 0 Å². The van der Waals surface area contributed by atoms with E-state index in [-0.39, 0.29) is 29.9 Å². The van der Waals surface area contributed by atoms with Gasteiger partial charge in [0, 0.05) is 24.8 Å². The molecular formula is C23H27N3O5S. The van der Waals surface area contributed by atoms with E-state index in [1.807, 2.05) is 32.0 Å². The molecule has 0 radical (unpaired) electrons. The lowest BCUT2D eigenvalue weighted by atomic mass is 9.98. The lowest BCUT2D eigenvalue weighted by Crippen LogP contribution is -2.43. The van der Waals surface area contributed by atoms with E-state index < -0.39 is 15.9 Å². The molecule has 1 saturated heterocycles. The number of sulfonamides is 1. The highest BCUT2D eigenvalue weighted by molar-refractivity contribution is 7.89. The van der Waals surface area contributed by atoms with E-state index in [2.05, 4.69) is 10.6 Å². The molecule has 2 aromatic carbocycles. The molecule has 2 heterocycles. The number of nitrogens with one attached hydrogen (secondary N) is 2. The molecule has 32 heavy (non-hydrogen) atoms.